The van der Waals surface area contributed by atoms with Crippen LogP contribution in [-0.4, -0.2) is 12.1 Å². The molecule has 20 heavy (non-hydrogen) atoms. The molecular weight excluding hydrogens is 250 g/mol. The minimum absolute atomic E-state index is 0.252. The van der Waals surface area contributed by atoms with Gasteiger partial charge in [-0.2, -0.15) is 0 Å². The Kier molecular flexibility index (Phi) is 4.24. The van der Waals surface area contributed by atoms with E-state index in [1.165, 1.54) is 38.5 Å². The SMILES string of the molecule is O=C(NC(C1CCC1)C1CCC1)OCc1ccccc1. The molecule has 1 N–H and O–H groups in total. The highest BCUT2D eigenvalue weighted by atomic mass is 16.5. The number of rotatable bonds is 5. The van der Waals surface area contributed by atoms with E-state index in [9.17, 15) is 4.79 Å². The summed E-state index contributed by atoms with van der Waals surface area (Å²) in [4.78, 5) is 12.0. The first kappa shape index (κ1) is 13.5. The Hall–Kier alpha value is -1.51. The van der Waals surface area contributed by atoms with E-state index in [1.807, 2.05) is 30.3 Å². The zero-order valence-electron chi connectivity index (χ0n) is 11.9. The topological polar surface area (TPSA) is 38.3 Å². The molecule has 0 spiro atoms. The fourth-order valence-electron chi connectivity index (χ4n) is 3.12. The van der Waals surface area contributed by atoms with Crippen molar-refractivity contribution >= 4 is 6.09 Å². The molecule has 3 rings (SSSR count). The van der Waals surface area contributed by atoms with Gasteiger partial charge >= 0.3 is 6.09 Å². The molecule has 2 saturated carbocycles. The predicted molar refractivity (Wildman–Crippen MR) is 78.2 cm³/mol. The molecule has 3 heteroatoms. The van der Waals surface area contributed by atoms with Gasteiger partial charge in [-0.1, -0.05) is 43.2 Å². The molecule has 0 aromatic heterocycles. The second kappa shape index (κ2) is 6.29. The Bertz CT molecular complexity index is 424. The molecule has 0 bridgehead atoms. The van der Waals surface area contributed by atoms with Crippen LogP contribution in [0.3, 0.4) is 0 Å². The van der Waals surface area contributed by atoms with Crippen molar-refractivity contribution in [2.24, 2.45) is 11.8 Å². The van der Waals surface area contributed by atoms with Gasteiger partial charge in [0, 0.05) is 6.04 Å². The number of ether oxygens (including phenoxy) is 1. The van der Waals surface area contributed by atoms with Crippen molar-refractivity contribution in [2.75, 3.05) is 0 Å². The van der Waals surface area contributed by atoms with Crippen LogP contribution in [0.2, 0.25) is 0 Å². The van der Waals surface area contributed by atoms with Gasteiger partial charge in [0.05, 0.1) is 0 Å². The lowest BCUT2D eigenvalue weighted by Gasteiger charge is -2.42. The zero-order chi connectivity index (χ0) is 13.8. The number of nitrogens with one attached hydrogen (secondary N) is 1. The molecule has 3 nitrogen and oxygen atoms in total. The van der Waals surface area contributed by atoms with Crippen LogP contribution in [0.1, 0.15) is 44.1 Å². The summed E-state index contributed by atoms with van der Waals surface area (Å²) in [5.74, 6) is 1.37. The normalized spacial score (nSPS) is 19.2. The lowest BCUT2D eigenvalue weighted by atomic mass is 9.68. The first-order valence-electron chi connectivity index (χ1n) is 7.80. The van der Waals surface area contributed by atoms with Crippen molar-refractivity contribution in [3.05, 3.63) is 35.9 Å². The highest BCUT2D eigenvalue weighted by Crippen LogP contribution is 2.40. The Morgan fingerprint density at radius 2 is 1.70 bits per heavy atom. The largest absolute Gasteiger partial charge is 0.445 e. The van der Waals surface area contributed by atoms with E-state index in [4.69, 9.17) is 4.74 Å². The summed E-state index contributed by atoms with van der Waals surface area (Å²) >= 11 is 0. The molecule has 0 atom stereocenters. The molecule has 1 aromatic rings. The van der Waals surface area contributed by atoms with Crippen molar-refractivity contribution in [3.63, 3.8) is 0 Å². The maximum atomic E-state index is 12.0. The van der Waals surface area contributed by atoms with Gasteiger partial charge in [-0.15, -0.1) is 0 Å². The summed E-state index contributed by atoms with van der Waals surface area (Å²) in [7, 11) is 0. The summed E-state index contributed by atoms with van der Waals surface area (Å²) in [6.07, 6.45) is 7.43. The molecule has 0 heterocycles. The minimum Gasteiger partial charge on any atom is -0.445 e. The minimum atomic E-state index is -0.252. The molecule has 0 aliphatic heterocycles. The van der Waals surface area contributed by atoms with Crippen LogP contribution >= 0.6 is 0 Å². The van der Waals surface area contributed by atoms with Crippen LogP contribution in [0.5, 0.6) is 0 Å². The molecule has 1 aromatic carbocycles. The number of benzene rings is 1. The van der Waals surface area contributed by atoms with Crippen LogP contribution in [0.4, 0.5) is 4.79 Å². The first-order chi connectivity index (χ1) is 9.83. The summed E-state index contributed by atoms with van der Waals surface area (Å²) < 4.78 is 5.35. The summed E-state index contributed by atoms with van der Waals surface area (Å²) in [5, 5.41) is 3.13. The van der Waals surface area contributed by atoms with E-state index in [-0.39, 0.29) is 6.09 Å². The molecule has 1 amide bonds. The summed E-state index contributed by atoms with van der Waals surface area (Å²) in [5.41, 5.74) is 1.03. The molecule has 0 unspecified atom stereocenters. The Labute approximate surface area is 120 Å². The van der Waals surface area contributed by atoms with Gasteiger partial charge in [0.25, 0.3) is 0 Å². The van der Waals surface area contributed by atoms with Crippen LogP contribution in [0, 0.1) is 11.8 Å². The second-order valence-electron chi connectivity index (χ2n) is 6.11. The van der Waals surface area contributed by atoms with Gasteiger partial charge in [-0.3, -0.25) is 0 Å². The monoisotopic (exact) mass is 273 g/mol. The zero-order valence-corrected chi connectivity index (χ0v) is 11.9. The third-order valence-corrected chi connectivity index (χ3v) is 4.81. The van der Waals surface area contributed by atoms with Crippen LogP contribution in [0.15, 0.2) is 30.3 Å². The molecule has 0 saturated heterocycles. The van der Waals surface area contributed by atoms with Gasteiger partial charge in [-0.25, -0.2) is 4.79 Å². The highest BCUT2D eigenvalue weighted by Gasteiger charge is 2.37. The Balaban J connectivity index is 1.48. The van der Waals surface area contributed by atoms with E-state index >= 15 is 0 Å². The van der Waals surface area contributed by atoms with E-state index in [2.05, 4.69) is 5.32 Å². The van der Waals surface area contributed by atoms with Crippen molar-refractivity contribution in [1.82, 2.24) is 5.32 Å². The van der Waals surface area contributed by atoms with Gasteiger partial charge in [0.1, 0.15) is 6.61 Å². The van der Waals surface area contributed by atoms with E-state index in [0.717, 1.165) is 5.56 Å². The van der Waals surface area contributed by atoms with Crippen molar-refractivity contribution in [2.45, 2.75) is 51.2 Å². The Morgan fingerprint density at radius 3 is 2.20 bits per heavy atom. The quantitative estimate of drug-likeness (QED) is 0.884. The number of hydrogen-bond donors (Lipinski definition) is 1. The smallest absolute Gasteiger partial charge is 0.407 e. The van der Waals surface area contributed by atoms with Crippen LogP contribution in [-0.2, 0) is 11.3 Å². The van der Waals surface area contributed by atoms with Crippen molar-refractivity contribution in [3.8, 4) is 0 Å². The third-order valence-electron chi connectivity index (χ3n) is 4.81. The molecular formula is C17H23NO2. The van der Waals surface area contributed by atoms with Crippen LogP contribution in [0.25, 0.3) is 0 Å². The average Bonchev–Trinajstić information content (AvgIpc) is 2.33. The van der Waals surface area contributed by atoms with Gasteiger partial charge in [0.2, 0.25) is 0 Å². The number of carbonyl (C=O) groups excluding carboxylic acids is 1. The van der Waals surface area contributed by atoms with Gasteiger partial charge in [-0.05, 0) is 43.1 Å². The maximum absolute atomic E-state index is 12.0. The molecule has 108 valence electrons. The molecule has 2 aliphatic carbocycles. The molecule has 2 fully saturated rings. The van der Waals surface area contributed by atoms with E-state index in [1.54, 1.807) is 0 Å². The highest BCUT2D eigenvalue weighted by molar-refractivity contribution is 5.67. The summed E-state index contributed by atoms with van der Waals surface area (Å²) in [6.45, 7) is 0.356. The van der Waals surface area contributed by atoms with Crippen molar-refractivity contribution in [1.29, 1.82) is 0 Å². The van der Waals surface area contributed by atoms with Crippen LogP contribution < -0.4 is 5.32 Å². The molecule has 2 aliphatic rings. The second-order valence-corrected chi connectivity index (χ2v) is 6.11. The number of carbonyl (C=O) groups is 1. The number of amides is 1. The van der Waals surface area contributed by atoms with Gasteiger partial charge in [0.15, 0.2) is 0 Å². The fourth-order valence-corrected chi connectivity index (χ4v) is 3.12. The maximum Gasteiger partial charge on any atom is 0.407 e. The number of alkyl carbamates (subject to hydrolysis) is 1. The predicted octanol–water partition coefficient (Wildman–Crippen LogP) is 3.88. The first-order valence-corrected chi connectivity index (χ1v) is 7.80. The lowest BCUT2D eigenvalue weighted by molar-refractivity contribution is 0.0937. The van der Waals surface area contributed by atoms with Gasteiger partial charge < -0.3 is 10.1 Å². The standard InChI is InChI=1S/C17H23NO2/c19-17(20-12-13-6-2-1-3-7-13)18-16(14-8-4-9-14)15-10-5-11-15/h1-3,6-7,14-16H,4-5,8-12H2,(H,18,19). The Morgan fingerprint density at radius 1 is 1.10 bits per heavy atom. The number of hydrogen-bond acceptors (Lipinski definition) is 2. The van der Waals surface area contributed by atoms with Crippen molar-refractivity contribution < 1.29 is 9.53 Å². The average molecular weight is 273 g/mol. The van der Waals surface area contributed by atoms with E-state index in [0.29, 0.717) is 24.5 Å². The molecule has 0 radical (unpaired) electrons. The summed E-state index contributed by atoms with van der Waals surface area (Å²) in [6, 6.07) is 10.2. The third kappa shape index (κ3) is 3.14. The van der Waals surface area contributed by atoms with E-state index < -0.39 is 0 Å². The fraction of sp³-hybridized carbons (Fsp3) is 0.588. The lowest BCUT2D eigenvalue weighted by Crippen LogP contribution is -2.49.